The maximum atomic E-state index is 13.0. The van der Waals surface area contributed by atoms with Crippen LogP contribution in [0, 0.1) is 5.82 Å². The highest BCUT2D eigenvalue weighted by molar-refractivity contribution is 9.10. The summed E-state index contributed by atoms with van der Waals surface area (Å²) >= 11 is 3.43. The SMILES string of the molecule is C=CCOc1c(Br)cc(/C=C2/N=C(c3ccc(F)cc3)OC2=O)cc1OC. The first-order valence-corrected chi connectivity index (χ1v) is 8.71. The number of carbonyl (C=O) groups is 1. The number of carbonyl (C=O) groups excluding carboxylic acids is 1. The number of aliphatic imine (C=N–C) groups is 1. The Morgan fingerprint density at radius 2 is 2.04 bits per heavy atom. The van der Waals surface area contributed by atoms with Crippen LogP contribution in [0.1, 0.15) is 11.1 Å². The molecule has 0 spiro atoms. The van der Waals surface area contributed by atoms with Crippen molar-refractivity contribution in [2.24, 2.45) is 4.99 Å². The first-order chi connectivity index (χ1) is 13.0. The second-order valence-corrected chi connectivity index (χ2v) is 6.33. The second kappa shape index (κ2) is 8.18. The smallest absolute Gasteiger partial charge is 0.363 e. The Morgan fingerprint density at radius 3 is 2.70 bits per heavy atom. The van der Waals surface area contributed by atoms with Gasteiger partial charge in [-0.3, -0.25) is 0 Å². The van der Waals surface area contributed by atoms with Gasteiger partial charge in [0, 0.05) is 5.56 Å². The molecule has 0 radical (unpaired) electrons. The van der Waals surface area contributed by atoms with Crippen molar-refractivity contribution in [3.63, 3.8) is 0 Å². The summed E-state index contributed by atoms with van der Waals surface area (Å²) in [6, 6.07) is 9.03. The lowest BCUT2D eigenvalue weighted by atomic mass is 10.1. The molecule has 1 heterocycles. The third kappa shape index (κ3) is 4.25. The summed E-state index contributed by atoms with van der Waals surface area (Å²) in [5, 5.41) is 0. The summed E-state index contributed by atoms with van der Waals surface area (Å²) in [6.45, 7) is 3.94. The van der Waals surface area contributed by atoms with Crippen LogP contribution in [0.5, 0.6) is 11.5 Å². The lowest BCUT2D eigenvalue weighted by Crippen LogP contribution is -2.05. The normalized spacial score (nSPS) is 14.7. The maximum Gasteiger partial charge on any atom is 0.363 e. The molecule has 0 aliphatic carbocycles. The molecule has 0 bridgehead atoms. The van der Waals surface area contributed by atoms with Gasteiger partial charge in [-0.15, -0.1) is 0 Å². The van der Waals surface area contributed by atoms with E-state index in [0.29, 0.717) is 33.7 Å². The van der Waals surface area contributed by atoms with E-state index in [-0.39, 0.29) is 17.4 Å². The lowest BCUT2D eigenvalue weighted by molar-refractivity contribution is -0.129. The Hall–Kier alpha value is -2.93. The van der Waals surface area contributed by atoms with Crippen LogP contribution in [0.2, 0.25) is 0 Å². The molecule has 0 N–H and O–H groups in total. The van der Waals surface area contributed by atoms with Gasteiger partial charge in [0.1, 0.15) is 12.4 Å². The third-order valence-corrected chi connectivity index (χ3v) is 4.20. The zero-order valence-corrected chi connectivity index (χ0v) is 16.0. The Balaban J connectivity index is 1.93. The predicted octanol–water partition coefficient (Wildman–Crippen LogP) is 4.51. The summed E-state index contributed by atoms with van der Waals surface area (Å²) in [6.07, 6.45) is 3.20. The Kier molecular flexibility index (Phi) is 5.71. The summed E-state index contributed by atoms with van der Waals surface area (Å²) in [5.74, 6) is 0.186. The lowest BCUT2D eigenvalue weighted by Gasteiger charge is -2.12. The monoisotopic (exact) mass is 431 g/mol. The molecule has 0 saturated heterocycles. The van der Waals surface area contributed by atoms with Crippen molar-refractivity contribution in [2.75, 3.05) is 13.7 Å². The number of halogens is 2. The topological polar surface area (TPSA) is 57.1 Å². The largest absolute Gasteiger partial charge is 0.493 e. The van der Waals surface area contributed by atoms with Crippen LogP contribution in [-0.2, 0) is 9.53 Å². The number of hydrogen-bond donors (Lipinski definition) is 0. The number of hydrogen-bond acceptors (Lipinski definition) is 5. The van der Waals surface area contributed by atoms with Crippen molar-refractivity contribution < 1.29 is 23.4 Å². The van der Waals surface area contributed by atoms with Gasteiger partial charge in [-0.05, 0) is 64.0 Å². The third-order valence-electron chi connectivity index (χ3n) is 3.61. The van der Waals surface area contributed by atoms with Gasteiger partial charge in [-0.25, -0.2) is 14.2 Å². The van der Waals surface area contributed by atoms with Crippen LogP contribution in [0.15, 0.2) is 64.2 Å². The van der Waals surface area contributed by atoms with E-state index >= 15 is 0 Å². The van der Waals surface area contributed by atoms with Gasteiger partial charge in [0.15, 0.2) is 17.2 Å². The maximum absolute atomic E-state index is 13.0. The fourth-order valence-corrected chi connectivity index (χ4v) is 2.96. The predicted molar refractivity (Wildman–Crippen MR) is 103 cm³/mol. The van der Waals surface area contributed by atoms with Gasteiger partial charge in [0.25, 0.3) is 0 Å². The highest BCUT2D eigenvalue weighted by Gasteiger charge is 2.24. The molecule has 7 heteroatoms. The Morgan fingerprint density at radius 1 is 1.30 bits per heavy atom. The van der Waals surface area contributed by atoms with Crippen molar-refractivity contribution in [3.8, 4) is 11.5 Å². The average molecular weight is 432 g/mol. The van der Waals surface area contributed by atoms with Gasteiger partial charge >= 0.3 is 5.97 Å². The molecule has 1 aliphatic heterocycles. The second-order valence-electron chi connectivity index (χ2n) is 5.48. The van der Waals surface area contributed by atoms with Crippen molar-refractivity contribution in [2.45, 2.75) is 0 Å². The fraction of sp³-hybridized carbons (Fsp3) is 0.100. The molecule has 0 fully saturated rings. The molecule has 0 unspecified atom stereocenters. The van der Waals surface area contributed by atoms with Crippen molar-refractivity contribution in [1.82, 2.24) is 0 Å². The zero-order valence-electron chi connectivity index (χ0n) is 14.4. The van der Waals surface area contributed by atoms with E-state index in [1.165, 1.54) is 31.4 Å². The molecule has 27 heavy (non-hydrogen) atoms. The standard InChI is InChI=1S/C20H15BrFNO4/c1-3-8-26-18-15(21)9-12(11-17(18)25-2)10-16-20(24)27-19(23-16)13-4-6-14(22)7-5-13/h3-7,9-11H,1,8H2,2H3/b16-10+. The van der Waals surface area contributed by atoms with E-state index < -0.39 is 5.97 Å². The Labute approximate surface area is 163 Å². The Bertz CT molecular complexity index is 951. The number of cyclic esters (lactones) is 1. The van der Waals surface area contributed by atoms with Gasteiger partial charge in [-0.1, -0.05) is 12.7 Å². The average Bonchev–Trinajstić information content (AvgIpc) is 3.01. The first-order valence-electron chi connectivity index (χ1n) is 7.91. The molecule has 138 valence electrons. The quantitative estimate of drug-likeness (QED) is 0.383. The minimum atomic E-state index is -0.587. The van der Waals surface area contributed by atoms with Gasteiger partial charge in [0.05, 0.1) is 11.6 Å². The zero-order chi connectivity index (χ0) is 19.4. The van der Waals surface area contributed by atoms with E-state index in [0.717, 1.165) is 0 Å². The van der Waals surface area contributed by atoms with E-state index in [2.05, 4.69) is 27.5 Å². The minimum absolute atomic E-state index is 0.128. The van der Waals surface area contributed by atoms with Gasteiger partial charge in [0.2, 0.25) is 5.90 Å². The molecular formula is C20H15BrFNO4. The molecule has 0 amide bonds. The van der Waals surface area contributed by atoms with Crippen molar-refractivity contribution >= 4 is 33.9 Å². The van der Waals surface area contributed by atoms with Crippen molar-refractivity contribution in [3.05, 3.63) is 76.2 Å². The number of methoxy groups -OCH3 is 1. The number of rotatable bonds is 6. The molecular weight excluding hydrogens is 417 g/mol. The van der Waals surface area contributed by atoms with Gasteiger partial charge < -0.3 is 14.2 Å². The van der Waals surface area contributed by atoms with E-state index in [4.69, 9.17) is 14.2 Å². The van der Waals surface area contributed by atoms with Crippen LogP contribution in [0.4, 0.5) is 4.39 Å². The van der Waals surface area contributed by atoms with Crippen LogP contribution < -0.4 is 9.47 Å². The summed E-state index contributed by atoms with van der Waals surface area (Å²) in [7, 11) is 1.52. The molecule has 5 nitrogen and oxygen atoms in total. The first kappa shape index (κ1) is 18.8. The van der Waals surface area contributed by atoms with E-state index in [9.17, 15) is 9.18 Å². The fourth-order valence-electron chi connectivity index (χ4n) is 2.39. The molecule has 1 aliphatic rings. The minimum Gasteiger partial charge on any atom is -0.493 e. The van der Waals surface area contributed by atoms with Crippen LogP contribution in [0.25, 0.3) is 6.08 Å². The van der Waals surface area contributed by atoms with Crippen LogP contribution >= 0.6 is 15.9 Å². The number of esters is 1. The van der Waals surface area contributed by atoms with E-state index in [1.807, 2.05) is 0 Å². The molecule has 3 rings (SSSR count). The highest BCUT2D eigenvalue weighted by atomic mass is 79.9. The molecule has 0 saturated carbocycles. The summed E-state index contributed by atoms with van der Waals surface area (Å²) in [4.78, 5) is 16.3. The van der Waals surface area contributed by atoms with Crippen LogP contribution in [-0.4, -0.2) is 25.6 Å². The molecule has 0 atom stereocenters. The number of ether oxygens (including phenoxy) is 3. The highest BCUT2D eigenvalue weighted by Crippen LogP contribution is 2.37. The molecule has 2 aromatic rings. The van der Waals surface area contributed by atoms with Crippen molar-refractivity contribution in [1.29, 1.82) is 0 Å². The number of nitrogens with zero attached hydrogens (tertiary/aromatic N) is 1. The summed E-state index contributed by atoms with van der Waals surface area (Å²) < 4.78 is 29.8. The number of benzene rings is 2. The van der Waals surface area contributed by atoms with E-state index in [1.54, 1.807) is 24.3 Å². The summed E-state index contributed by atoms with van der Waals surface area (Å²) in [5.41, 5.74) is 1.31. The van der Waals surface area contributed by atoms with Gasteiger partial charge in [-0.2, -0.15) is 0 Å². The van der Waals surface area contributed by atoms with Crippen LogP contribution in [0.3, 0.4) is 0 Å². The molecule has 2 aromatic carbocycles. The molecule has 0 aromatic heterocycles.